The first-order valence-corrected chi connectivity index (χ1v) is 10.4. The Morgan fingerprint density at radius 3 is 2.73 bits per heavy atom. The normalized spacial score (nSPS) is 18.5. The van der Waals surface area contributed by atoms with E-state index >= 15 is 0 Å². The SMILES string of the molecule is COCCn1cccc1[C@H]1[C@@H](c2ccccn2)NC(=S)N1c1ccc(OC)c(Cl)c1. The van der Waals surface area contributed by atoms with Gasteiger partial charge in [0.05, 0.1) is 30.5 Å². The van der Waals surface area contributed by atoms with Gasteiger partial charge in [0, 0.05) is 37.4 Å². The molecule has 0 unspecified atom stereocenters. The fourth-order valence-electron chi connectivity index (χ4n) is 3.83. The van der Waals surface area contributed by atoms with Crippen LogP contribution in [-0.4, -0.2) is 35.5 Å². The molecule has 0 spiro atoms. The van der Waals surface area contributed by atoms with Crippen molar-refractivity contribution in [3.05, 3.63) is 77.3 Å². The smallest absolute Gasteiger partial charge is 0.174 e. The van der Waals surface area contributed by atoms with E-state index in [0.717, 1.165) is 23.6 Å². The van der Waals surface area contributed by atoms with E-state index in [2.05, 4.69) is 32.0 Å². The van der Waals surface area contributed by atoms with Gasteiger partial charge in [0.2, 0.25) is 0 Å². The highest BCUT2D eigenvalue weighted by molar-refractivity contribution is 7.80. The number of nitrogens with one attached hydrogen (secondary N) is 1. The van der Waals surface area contributed by atoms with E-state index in [-0.39, 0.29) is 12.1 Å². The fourth-order valence-corrected chi connectivity index (χ4v) is 4.43. The second-order valence-electron chi connectivity index (χ2n) is 6.93. The number of halogens is 1. The maximum Gasteiger partial charge on any atom is 0.174 e. The van der Waals surface area contributed by atoms with Crippen LogP contribution >= 0.6 is 23.8 Å². The van der Waals surface area contributed by atoms with E-state index in [0.29, 0.717) is 22.5 Å². The molecular weight excluding hydrogens is 420 g/mol. The number of hydrogen-bond acceptors (Lipinski definition) is 4. The number of methoxy groups -OCH3 is 2. The molecule has 1 aliphatic rings. The largest absolute Gasteiger partial charge is 0.495 e. The number of thiocarbonyl (C=S) groups is 1. The molecule has 1 saturated heterocycles. The number of pyridine rings is 1. The van der Waals surface area contributed by atoms with Crippen molar-refractivity contribution in [1.82, 2.24) is 14.9 Å². The first-order valence-electron chi connectivity index (χ1n) is 9.62. The minimum atomic E-state index is -0.115. The third-order valence-electron chi connectivity index (χ3n) is 5.22. The summed E-state index contributed by atoms with van der Waals surface area (Å²) in [6, 6.07) is 15.6. The molecule has 0 bridgehead atoms. The van der Waals surface area contributed by atoms with Crippen LogP contribution in [0.15, 0.2) is 60.9 Å². The fraction of sp³-hybridized carbons (Fsp3) is 0.273. The molecule has 156 valence electrons. The van der Waals surface area contributed by atoms with Crippen molar-refractivity contribution in [2.24, 2.45) is 0 Å². The van der Waals surface area contributed by atoms with Crippen LogP contribution in [0.1, 0.15) is 23.5 Å². The van der Waals surface area contributed by atoms with Gasteiger partial charge in [0.15, 0.2) is 5.11 Å². The molecule has 3 heterocycles. The Hall–Kier alpha value is -2.61. The lowest BCUT2D eigenvalue weighted by Gasteiger charge is -2.29. The summed E-state index contributed by atoms with van der Waals surface area (Å²) in [7, 11) is 3.31. The molecule has 0 aliphatic carbocycles. The van der Waals surface area contributed by atoms with Gasteiger partial charge in [0.1, 0.15) is 11.8 Å². The number of nitrogens with zero attached hydrogens (tertiary/aromatic N) is 3. The van der Waals surface area contributed by atoms with Gasteiger partial charge in [-0.3, -0.25) is 4.98 Å². The van der Waals surface area contributed by atoms with Gasteiger partial charge >= 0.3 is 0 Å². The second kappa shape index (κ2) is 9.04. The Morgan fingerprint density at radius 2 is 2.03 bits per heavy atom. The minimum absolute atomic E-state index is 0.108. The molecular formula is C22H23ClN4O2S. The highest BCUT2D eigenvalue weighted by Gasteiger charge is 2.42. The monoisotopic (exact) mass is 442 g/mol. The van der Waals surface area contributed by atoms with E-state index in [1.54, 1.807) is 20.4 Å². The average molecular weight is 443 g/mol. The lowest BCUT2D eigenvalue weighted by Crippen LogP contribution is -2.30. The van der Waals surface area contributed by atoms with Crippen molar-refractivity contribution in [3.8, 4) is 5.75 Å². The summed E-state index contributed by atoms with van der Waals surface area (Å²) < 4.78 is 12.8. The maximum atomic E-state index is 6.43. The first-order chi connectivity index (χ1) is 14.6. The number of aromatic nitrogens is 2. The summed E-state index contributed by atoms with van der Waals surface area (Å²) in [6.07, 6.45) is 3.86. The first kappa shape index (κ1) is 20.7. The zero-order valence-electron chi connectivity index (χ0n) is 16.8. The number of ether oxygens (including phenoxy) is 2. The molecule has 0 saturated carbocycles. The minimum Gasteiger partial charge on any atom is -0.495 e. The summed E-state index contributed by atoms with van der Waals surface area (Å²) >= 11 is 12.2. The quantitative estimate of drug-likeness (QED) is 0.548. The third kappa shape index (κ3) is 3.88. The molecule has 8 heteroatoms. The van der Waals surface area contributed by atoms with Gasteiger partial charge in [0.25, 0.3) is 0 Å². The molecule has 1 aliphatic heterocycles. The number of rotatable bonds is 7. The van der Waals surface area contributed by atoms with Crippen LogP contribution in [0, 0.1) is 0 Å². The van der Waals surface area contributed by atoms with Crippen LogP contribution in [0.4, 0.5) is 5.69 Å². The van der Waals surface area contributed by atoms with E-state index in [1.165, 1.54) is 0 Å². The van der Waals surface area contributed by atoms with Gasteiger partial charge in [-0.15, -0.1) is 0 Å². The lowest BCUT2D eigenvalue weighted by atomic mass is 10.0. The van der Waals surface area contributed by atoms with Crippen LogP contribution in [0.3, 0.4) is 0 Å². The van der Waals surface area contributed by atoms with E-state index in [4.69, 9.17) is 33.3 Å². The lowest BCUT2D eigenvalue weighted by molar-refractivity contribution is 0.186. The van der Waals surface area contributed by atoms with Crippen molar-refractivity contribution in [2.45, 2.75) is 18.6 Å². The van der Waals surface area contributed by atoms with Crippen LogP contribution in [0.5, 0.6) is 5.75 Å². The molecule has 1 aromatic carbocycles. The Bertz CT molecular complexity index is 1030. The summed E-state index contributed by atoms with van der Waals surface area (Å²) in [6.45, 7) is 1.36. The van der Waals surface area contributed by atoms with Gasteiger partial charge < -0.3 is 24.3 Å². The van der Waals surface area contributed by atoms with E-state index < -0.39 is 0 Å². The molecule has 0 amide bonds. The molecule has 30 heavy (non-hydrogen) atoms. The van der Waals surface area contributed by atoms with Crippen LogP contribution in [-0.2, 0) is 11.3 Å². The Morgan fingerprint density at radius 1 is 1.17 bits per heavy atom. The summed E-state index contributed by atoms with van der Waals surface area (Å²) in [5, 5.41) is 4.62. The predicted molar refractivity (Wildman–Crippen MR) is 122 cm³/mol. The van der Waals surface area contributed by atoms with Gasteiger partial charge in [-0.25, -0.2) is 0 Å². The number of anilines is 1. The molecule has 2 atom stereocenters. The third-order valence-corrected chi connectivity index (χ3v) is 5.83. The van der Waals surface area contributed by atoms with Crippen LogP contribution < -0.4 is 15.0 Å². The molecule has 1 fully saturated rings. The average Bonchev–Trinajstić information content (AvgIpc) is 3.36. The topological polar surface area (TPSA) is 51.5 Å². The number of benzene rings is 1. The highest BCUT2D eigenvalue weighted by atomic mass is 35.5. The van der Waals surface area contributed by atoms with Crippen molar-refractivity contribution in [2.75, 3.05) is 25.7 Å². The van der Waals surface area contributed by atoms with Gasteiger partial charge in [-0.1, -0.05) is 17.7 Å². The van der Waals surface area contributed by atoms with Crippen molar-refractivity contribution in [3.63, 3.8) is 0 Å². The standard InChI is InChI=1S/C22H23ClN4O2S/c1-28-13-12-26-11-5-7-18(26)21-20(17-6-3-4-10-24-17)25-22(30)27(21)15-8-9-19(29-2)16(23)14-15/h3-11,14,20-21H,12-13H2,1-2H3,(H,25,30)/t20-,21+/m1/s1. The Kier molecular flexibility index (Phi) is 6.22. The molecule has 0 radical (unpaired) electrons. The molecule has 2 aromatic heterocycles. The van der Waals surface area contributed by atoms with Gasteiger partial charge in [-0.2, -0.15) is 0 Å². The second-order valence-corrected chi connectivity index (χ2v) is 7.73. The number of hydrogen-bond donors (Lipinski definition) is 1. The van der Waals surface area contributed by atoms with E-state index in [1.807, 2.05) is 42.5 Å². The summed E-state index contributed by atoms with van der Waals surface area (Å²) in [4.78, 5) is 6.69. The van der Waals surface area contributed by atoms with Crippen LogP contribution in [0.2, 0.25) is 5.02 Å². The zero-order valence-corrected chi connectivity index (χ0v) is 18.4. The maximum absolute atomic E-state index is 6.43. The van der Waals surface area contributed by atoms with Crippen LogP contribution in [0.25, 0.3) is 0 Å². The Balaban J connectivity index is 1.81. The Labute approximate surface area is 186 Å². The summed E-state index contributed by atoms with van der Waals surface area (Å²) in [5.41, 5.74) is 2.93. The predicted octanol–water partition coefficient (Wildman–Crippen LogP) is 4.37. The molecule has 4 rings (SSSR count). The van der Waals surface area contributed by atoms with E-state index in [9.17, 15) is 0 Å². The van der Waals surface area contributed by atoms with Gasteiger partial charge in [-0.05, 0) is 54.7 Å². The van der Waals surface area contributed by atoms with Crippen molar-refractivity contribution < 1.29 is 9.47 Å². The molecule has 6 nitrogen and oxygen atoms in total. The van der Waals surface area contributed by atoms with Crippen molar-refractivity contribution >= 4 is 34.6 Å². The summed E-state index contributed by atoms with van der Waals surface area (Å²) in [5.74, 6) is 0.625. The molecule has 3 aromatic rings. The van der Waals surface area contributed by atoms with Crippen molar-refractivity contribution in [1.29, 1.82) is 0 Å². The molecule has 1 N–H and O–H groups in total. The zero-order chi connectivity index (χ0) is 21.1. The highest BCUT2D eigenvalue weighted by Crippen LogP contribution is 2.43.